The lowest BCUT2D eigenvalue weighted by Crippen LogP contribution is -2.45. The van der Waals surface area contributed by atoms with Crippen LogP contribution in [0.15, 0.2) is 48.5 Å². The molecule has 1 saturated carbocycles. The molecule has 1 heterocycles. The van der Waals surface area contributed by atoms with E-state index in [0.717, 1.165) is 32.1 Å². The summed E-state index contributed by atoms with van der Waals surface area (Å²) in [6.07, 6.45) is 4.34. The lowest BCUT2D eigenvalue weighted by atomic mass is 9.94. The molecule has 3 amide bonds. The van der Waals surface area contributed by atoms with Crippen molar-refractivity contribution in [3.05, 3.63) is 64.3 Å². The molecule has 1 aliphatic carbocycles. The van der Waals surface area contributed by atoms with E-state index in [1.165, 1.54) is 4.90 Å². The zero-order chi connectivity index (χ0) is 24.9. The standard InChI is InChI=1S/C25H24Cl2N4O4/c26-17-10-6-11-18(27)22(17)30-25(35)29-20-13-15-7-4-5-12-19(15)28-23(20)24(34)31(14-21(32)33)16-8-2-1-3-9-16/h4-7,10-13,16H,1-3,8-9,14H2,(H,32,33)(H2,29,30,35). The minimum atomic E-state index is -1.11. The largest absolute Gasteiger partial charge is 0.480 e. The van der Waals surface area contributed by atoms with E-state index in [4.69, 9.17) is 23.2 Å². The summed E-state index contributed by atoms with van der Waals surface area (Å²) in [6.45, 7) is -0.446. The average Bonchev–Trinajstić information content (AvgIpc) is 2.84. The fourth-order valence-corrected chi connectivity index (χ4v) is 4.79. The van der Waals surface area contributed by atoms with Crippen LogP contribution in [0.3, 0.4) is 0 Å². The first-order valence-corrected chi connectivity index (χ1v) is 12.0. The van der Waals surface area contributed by atoms with Gasteiger partial charge in [-0.05, 0) is 37.1 Å². The number of hydrogen-bond acceptors (Lipinski definition) is 4. The Labute approximate surface area is 212 Å². The van der Waals surface area contributed by atoms with Crippen LogP contribution in [0.4, 0.5) is 16.2 Å². The highest BCUT2D eigenvalue weighted by Gasteiger charge is 2.31. The maximum absolute atomic E-state index is 13.7. The fourth-order valence-electron chi connectivity index (χ4n) is 4.30. The Balaban J connectivity index is 1.70. The summed E-state index contributed by atoms with van der Waals surface area (Å²) in [7, 11) is 0. The predicted molar refractivity (Wildman–Crippen MR) is 136 cm³/mol. The Morgan fingerprint density at radius 3 is 2.34 bits per heavy atom. The van der Waals surface area contributed by atoms with Crippen LogP contribution in [0.2, 0.25) is 10.0 Å². The van der Waals surface area contributed by atoms with Gasteiger partial charge < -0.3 is 20.6 Å². The average molecular weight is 515 g/mol. The number of aromatic nitrogens is 1. The Morgan fingerprint density at radius 2 is 1.66 bits per heavy atom. The zero-order valence-corrected chi connectivity index (χ0v) is 20.3. The van der Waals surface area contributed by atoms with Crippen molar-refractivity contribution in [2.75, 3.05) is 17.2 Å². The molecule has 1 aliphatic rings. The number of halogens is 2. The third-order valence-corrected chi connectivity index (χ3v) is 6.59. The summed E-state index contributed by atoms with van der Waals surface area (Å²) in [5.74, 6) is -1.65. The topological polar surface area (TPSA) is 112 Å². The van der Waals surface area contributed by atoms with Gasteiger partial charge in [0, 0.05) is 11.4 Å². The second-order valence-corrected chi connectivity index (χ2v) is 9.19. The number of para-hydroxylation sites is 2. The number of urea groups is 1. The second kappa shape index (κ2) is 10.9. The molecule has 3 N–H and O–H groups in total. The molecule has 1 fully saturated rings. The van der Waals surface area contributed by atoms with Crippen LogP contribution < -0.4 is 10.6 Å². The summed E-state index contributed by atoms with van der Waals surface area (Å²) in [5, 5.41) is 16.0. The van der Waals surface area contributed by atoms with E-state index in [9.17, 15) is 19.5 Å². The van der Waals surface area contributed by atoms with Crippen LogP contribution in [0.5, 0.6) is 0 Å². The molecular formula is C25H24Cl2N4O4. The van der Waals surface area contributed by atoms with Gasteiger partial charge in [-0.2, -0.15) is 0 Å². The molecule has 0 bridgehead atoms. The number of carboxylic acids is 1. The number of nitrogens with one attached hydrogen (secondary N) is 2. The summed E-state index contributed by atoms with van der Waals surface area (Å²) in [6, 6.07) is 12.8. The monoisotopic (exact) mass is 514 g/mol. The van der Waals surface area contributed by atoms with Gasteiger partial charge in [0.2, 0.25) is 0 Å². The van der Waals surface area contributed by atoms with Gasteiger partial charge in [-0.25, -0.2) is 9.78 Å². The highest BCUT2D eigenvalue weighted by atomic mass is 35.5. The third kappa shape index (κ3) is 5.83. The molecule has 0 radical (unpaired) electrons. The van der Waals surface area contributed by atoms with E-state index in [1.54, 1.807) is 42.5 Å². The first kappa shape index (κ1) is 24.8. The van der Waals surface area contributed by atoms with Gasteiger partial charge in [-0.3, -0.25) is 9.59 Å². The van der Waals surface area contributed by atoms with Gasteiger partial charge in [0.05, 0.1) is 26.9 Å². The maximum Gasteiger partial charge on any atom is 0.323 e. The van der Waals surface area contributed by atoms with Crippen molar-refractivity contribution in [3.63, 3.8) is 0 Å². The minimum Gasteiger partial charge on any atom is -0.480 e. The summed E-state index contributed by atoms with van der Waals surface area (Å²) in [4.78, 5) is 44.0. The van der Waals surface area contributed by atoms with Crippen LogP contribution in [0.25, 0.3) is 10.9 Å². The van der Waals surface area contributed by atoms with Crippen LogP contribution in [0.1, 0.15) is 42.6 Å². The minimum absolute atomic E-state index is 0.0315. The summed E-state index contributed by atoms with van der Waals surface area (Å²) in [5.41, 5.74) is 0.899. The molecule has 4 rings (SSSR count). The van der Waals surface area contributed by atoms with Crippen LogP contribution in [-0.4, -0.2) is 45.5 Å². The zero-order valence-electron chi connectivity index (χ0n) is 18.8. The van der Waals surface area contributed by atoms with Gasteiger partial charge in [0.15, 0.2) is 5.69 Å². The van der Waals surface area contributed by atoms with Crippen molar-refractivity contribution >= 4 is 63.4 Å². The Hall–Kier alpha value is -3.36. The number of amides is 3. The third-order valence-electron chi connectivity index (χ3n) is 5.96. The molecular weight excluding hydrogens is 491 g/mol. The van der Waals surface area contributed by atoms with Crippen molar-refractivity contribution < 1.29 is 19.5 Å². The number of carbonyl (C=O) groups is 3. The lowest BCUT2D eigenvalue weighted by molar-refractivity contribution is -0.138. The van der Waals surface area contributed by atoms with E-state index in [1.807, 2.05) is 6.07 Å². The smallest absolute Gasteiger partial charge is 0.323 e. The molecule has 0 spiro atoms. The highest BCUT2D eigenvalue weighted by molar-refractivity contribution is 6.39. The maximum atomic E-state index is 13.7. The quantitative estimate of drug-likeness (QED) is 0.370. The second-order valence-electron chi connectivity index (χ2n) is 8.37. The lowest BCUT2D eigenvalue weighted by Gasteiger charge is -2.33. The molecule has 1 aromatic heterocycles. The molecule has 0 atom stereocenters. The van der Waals surface area contributed by atoms with Crippen molar-refractivity contribution in [1.29, 1.82) is 0 Å². The fraction of sp³-hybridized carbons (Fsp3) is 0.280. The Bertz CT molecular complexity index is 1260. The number of aliphatic carboxylic acids is 1. The van der Waals surface area contributed by atoms with Crippen molar-refractivity contribution in [1.82, 2.24) is 9.88 Å². The first-order chi connectivity index (χ1) is 16.8. The van der Waals surface area contributed by atoms with Gasteiger partial charge in [-0.15, -0.1) is 0 Å². The van der Waals surface area contributed by atoms with E-state index < -0.39 is 24.5 Å². The summed E-state index contributed by atoms with van der Waals surface area (Å²) >= 11 is 12.3. The molecule has 10 heteroatoms. The Kier molecular flexibility index (Phi) is 7.73. The number of carboxylic acid groups (broad SMARTS) is 1. The SMILES string of the molecule is O=C(O)CN(C(=O)c1nc2ccccc2cc1NC(=O)Nc1c(Cl)cccc1Cl)C1CCCCC1. The van der Waals surface area contributed by atoms with Crippen LogP contribution >= 0.6 is 23.2 Å². The number of nitrogens with zero attached hydrogens (tertiary/aromatic N) is 2. The molecule has 182 valence electrons. The molecule has 2 aromatic carbocycles. The number of rotatable bonds is 6. The molecule has 3 aromatic rings. The number of carbonyl (C=O) groups excluding carboxylic acids is 2. The van der Waals surface area contributed by atoms with E-state index in [2.05, 4.69) is 15.6 Å². The number of pyridine rings is 1. The highest BCUT2D eigenvalue weighted by Crippen LogP contribution is 2.31. The van der Waals surface area contributed by atoms with E-state index in [0.29, 0.717) is 10.9 Å². The van der Waals surface area contributed by atoms with E-state index >= 15 is 0 Å². The molecule has 0 unspecified atom stereocenters. The van der Waals surface area contributed by atoms with E-state index in [-0.39, 0.29) is 33.2 Å². The normalized spacial score (nSPS) is 13.9. The van der Waals surface area contributed by atoms with Gasteiger partial charge in [-0.1, -0.05) is 66.7 Å². The predicted octanol–water partition coefficient (Wildman–Crippen LogP) is 6.05. The molecule has 35 heavy (non-hydrogen) atoms. The van der Waals surface area contributed by atoms with Gasteiger partial charge in [0.1, 0.15) is 6.54 Å². The number of benzene rings is 2. The van der Waals surface area contributed by atoms with Gasteiger partial charge in [0.25, 0.3) is 5.91 Å². The summed E-state index contributed by atoms with van der Waals surface area (Å²) < 4.78 is 0. The first-order valence-electron chi connectivity index (χ1n) is 11.3. The molecule has 0 saturated heterocycles. The van der Waals surface area contributed by atoms with Crippen molar-refractivity contribution in [3.8, 4) is 0 Å². The number of anilines is 2. The number of hydrogen-bond donors (Lipinski definition) is 3. The van der Waals surface area contributed by atoms with Crippen molar-refractivity contribution in [2.24, 2.45) is 0 Å². The molecule has 0 aliphatic heterocycles. The van der Waals surface area contributed by atoms with Crippen molar-refractivity contribution in [2.45, 2.75) is 38.1 Å². The number of fused-ring (bicyclic) bond motifs is 1. The van der Waals surface area contributed by atoms with Crippen LogP contribution in [0, 0.1) is 0 Å². The van der Waals surface area contributed by atoms with Gasteiger partial charge >= 0.3 is 12.0 Å². The van der Waals surface area contributed by atoms with Crippen LogP contribution in [-0.2, 0) is 4.79 Å². The Morgan fingerprint density at radius 1 is 0.971 bits per heavy atom. The molecule has 8 nitrogen and oxygen atoms in total.